The molecule has 0 bridgehead atoms. The number of alkyl halides is 1. The van der Waals surface area contributed by atoms with Crippen LogP contribution < -0.4 is 19.5 Å². The molecule has 1 amide bonds. The topological polar surface area (TPSA) is 56.8 Å². The molecule has 6 heteroatoms. The van der Waals surface area contributed by atoms with Crippen LogP contribution in [0.1, 0.15) is 31.7 Å². The van der Waals surface area contributed by atoms with Gasteiger partial charge in [0.05, 0.1) is 21.3 Å². The average Bonchev–Trinajstić information content (AvgIpc) is 2.42. The second-order valence-corrected chi connectivity index (χ2v) is 5.96. The minimum atomic E-state index is -0.890. The third kappa shape index (κ3) is 4.17. The van der Waals surface area contributed by atoms with Gasteiger partial charge in [-0.05, 0) is 32.9 Å². The van der Waals surface area contributed by atoms with Crippen molar-refractivity contribution in [1.82, 2.24) is 5.32 Å². The molecule has 1 rings (SSSR count). The highest BCUT2D eigenvalue weighted by Crippen LogP contribution is 2.43. The van der Waals surface area contributed by atoms with Gasteiger partial charge < -0.3 is 19.5 Å². The van der Waals surface area contributed by atoms with Gasteiger partial charge in [-0.15, -0.1) is 11.6 Å². The first kappa shape index (κ1) is 17.4. The van der Waals surface area contributed by atoms with Crippen molar-refractivity contribution in [2.45, 2.75) is 31.7 Å². The normalized spacial score (nSPS) is 12.5. The zero-order valence-corrected chi connectivity index (χ0v) is 14.0. The van der Waals surface area contributed by atoms with Crippen molar-refractivity contribution in [3.05, 3.63) is 17.7 Å². The quantitative estimate of drug-likeness (QED) is 0.849. The first-order valence-electron chi connectivity index (χ1n) is 6.50. The number of halogens is 1. The Morgan fingerprint density at radius 3 is 2.10 bits per heavy atom. The molecular formula is C15H22ClNO4. The van der Waals surface area contributed by atoms with Crippen molar-refractivity contribution in [2.24, 2.45) is 0 Å². The largest absolute Gasteiger partial charge is 0.493 e. The van der Waals surface area contributed by atoms with E-state index in [1.54, 1.807) is 12.1 Å². The molecule has 0 aliphatic rings. The minimum absolute atomic E-state index is 0.297. The van der Waals surface area contributed by atoms with Gasteiger partial charge in [0, 0.05) is 11.1 Å². The van der Waals surface area contributed by atoms with Crippen LogP contribution in [-0.2, 0) is 4.79 Å². The van der Waals surface area contributed by atoms with E-state index < -0.39 is 5.38 Å². The second kappa shape index (κ2) is 6.89. The molecule has 0 heterocycles. The molecule has 0 aliphatic heterocycles. The van der Waals surface area contributed by atoms with Crippen molar-refractivity contribution in [3.8, 4) is 17.2 Å². The number of hydrogen-bond acceptors (Lipinski definition) is 4. The smallest absolute Gasteiger partial charge is 0.243 e. The summed E-state index contributed by atoms with van der Waals surface area (Å²) < 4.78 is 15.8. The van der Waals surface area contributed by atoms with Crippen LogP contribution in [0.5, 0.6) is 17.2 Å². The summed E-state index contributed by atoms with van der Waals surface area (Å²) in [6.45, 7) is 5.67. The molecule has 1 unspecified atom stereocenters. The van der Waals surface area contributed by atoms with Crippen molar-refractivity contribution in [1.29, 1.82) is 0 Å². The Labute approximate surface area is 130 Å². The molecule has 0 aromatic heterocycles. The lowest BCUT2D eigenvalue weighted by Gasteiger charge is -2.24. The first-order valence-corrected chi connectivity index (χ1v) is 6.93. The molecule has 1 atom stereocenters. The molecule has 1 aromatic carbocycles. The van der Waals surface area contributed by atoms with E-state index in [-0.39, 0.29) is 11.4 Å². The van der Waals surface area contributed by atoms with Gasteiger partial charge in [0.2, 0.25) is 11.7 Å². The average molecular weight is 316 g/mol. The van der Waals surface area contributed by atoms with Crippen LogP contribution in [0.3, 0.4) is 0 Å². The van der Waals surface area contributed by atoms with E-state index in [4.69, 9.17) is 25.8 Å². The molecule has 0 fully saturated rings. The number of benzene rings is 1. The first-order chi connectivity index (χ1) is 9.75. The highest BCUT2D eigenvalue weighted by Gasteiger charge is 2.27. The van der Waals surface area contributed by atoms with Gasteiger partial charge in [0.1, 0.15) is 5.38 Å². The second-order valence-electron chi connectivity index (χ2n) is 5.53. The Morgan fingerprint density at radius 2 is 1.67 bits per heavy atom. The number of nitrogens with one attached hydrogen (secondary N) is 1. The third-order valence-electron chi connectivity index (χ3n) is 2.74. The van der Waals surface area contributed by atoms with Gasteiger partial charge in [-0.3, -0.25) is 4.79 Å². The number of methoxy groups -OCH3 is 3. The number of ether oxygens (including phenoxy) is 3. The molecule has 118 valence electrons. The molecule has 0 aliphatic carbocycles. The van der Waals surface area contributed by atoms with E-state index in [1.807, 2.05) is 20.8 Å². The van der Waals surface area contributed by atoms with Crippen LogP contribution in [0, 0.1) is 0 Å². The summed E-state index contributed by atoms with van der Waals surface area (Å²) in [5, 5.41) is 1.95. The number of rotatable bonds is 5. The van der Waals surface area contributed by atoms with Crippen LogP contribution in [0.4, 0.5) is 0 Å². The fraction of sp³-hybridized carbons (Fsp3) is 0.533. The Kier molecular flexibility index (Phi) is 5.72. The Bertz CT molecular complexity index is 511. The van der Waals surface area contributed by atoms with Gasteiger partial charge in [0.25, 0.3) is 0 Å². The molecule has 21 heavy (non-hydrogen) atoms. The van der Waals surface area contributed by atoms with Crippen LogP contribution in [-0.4, -0.2) is 32.8 Å². The fourth-order valence-electron chi connectivity index (χ4n) is 1.90. The van der Waals surface area contributed by atoms with E-state index in [9.17, 15) is 4.79 Å². The maximum atomic E-state index is 12.2. The number of carbonyl (C=O) groups excluding carboxylic acids is 1. The summed E-state index contributed by atoms with van der Waals surface area (Å²) in [4.78, 5) is 12.2. The van der Waals surface area contributed by atoms with Crippen LogP contribution in [0.25, 0.3) is 0 Å². The summed E-state index contributed by atoms with van der Waals surface area (Å²) >= 11 is 6.28. The molecule has 1 aromatic rings. The maximum Gasteiger partial charge on any atom is 0.243 e. The Morgan fingerprint density at radius 1 is 1.10 bits per heavy atom. The van der Waals surface area contributed by atoms with Crippen LogP contribution >= 0.6 is 11.6 Å². The highest BCUT2D eigenvalue weighted by molar-refractivity contribution is 6.31. The molecular weight excluding hydrogens is 294 g/mol. The van der Waals surface area contributed by atoms with E-state index >= 15 is 0 Å². The lowest BCUT2D eigenvalue weighted by atomic mass is 10.1. The lowest BCUT2D eigenvalue weighted by Crippen LogP contribution is -2.42. The van der Waals surface area contributed by atoms with Gasteiger partial charge in [-0.25, -0.2) is 0 Å². The Hall–Kier alpha value is -1.62. The van der Waals surface area contributed by atoms with Crippen molar-refractivity contribution < 1.29 is 19.0 Å². The lowest BCUT2D eigenvalue weighted by molar-refractivity contribution is -0.122. The van der Waals surface area contributed by atoms with E-state index in [0.29, 0.717) is 22.8 Å². The van der Waals surface area contributed by atoms with Crippen LogP contribution in [0.15, 0.2) is 12.1 Å². The van der Waals surface area contributed by atoms with Crippen molar-refractivity contribution in [2.75, 3.05) is 21.3 Å². The third-order valence-corrected chi connectivity index (χ3v) is 3.17. The maximum absolute atomic E-state index is 12.2. The number of hydrogen-bond donors (Lipinski definition) is 1. The molecule has 5 nitrogen and oxygen atoms in total. The summed E-state index contributed by atoms with van der Waals surface area (Å²) in [5.41, 5.74) is 0.159. The van der Waals surface area contributed by atoms with Gasteiger partial charge in [-0.1, -0.05) is 0 Å². The van der Waals surface area contributed by atoms with Gasteiger partial charge in [0.15, 0.2) is 11.5 Å². The van der Waals surface area contributed by atoms with E-state index in [0.717, 1.165) is 0 Å². The predicted molar refractivity (Wildman–Crippen MR) is 82.6 cm³/mol. The Balaban J connectivity index is 3.21. The van der Waals surface area contributed by atoms with Crippen molar-refractivity contribution in [3.63, 3.8) is 0 Å². The van der Waals surface area contributed by atoms with Crippen molar-refractivity contribution >= 4 is 17.5 Å². The molecule has 0 spiro atoms. The number of amides is 1. The summed E-state index contributed by atoms with van der Waals surface area (Å²) in [7, 11) is 4.52. The SMILES string of the molecule is COc1ccc(C(Cl)C(=O)NC(C)(C)C)c(OC)c1OC. The fourth-order valence-corrected chi connectivity index (χ4v) is 2.12. The zero-order chi connectivity index (χ0) is 16.2. The van der Waals surface area contributed by atoms with E-state index in [2.05, 4.69) is 5.32 Å². The van der Waals surface area contributed by atoms with Gasteiger partial charge >= 0.3 is 0 Å². The molecule has 0 radical (unpaired) electrons. The monoisotopic (exact) mass is 315 g/mol. The standard InChI is InChI=1S/C15H22ClNO4/c1-15(2,3)17-14(18)11(16)9-7-8-10(19-4)13(21-6)12(9)20-5/h7-8,11H,1-6H3,(H,17,18). The zero-order valence-electron chi connectivity index (χ0n) is 13.2. The molecule has 1 N–H and O–H groups in total. The van der Waals surface area contributed by atoms with Crippen LogP contribution in [0.2, 0.25) is 0 Å². The van der Waals surface area contributed by atoms with Gasteiger partial charge in [-0.2, -0.15) is 0 Å². The molecule has 0 saturated carbocycles. The minimum Gasteiger partial charge on any atom is -0.493 e. The van der Waals surface area contributed by atoms with E-state index in [1.165, 1.54) is 21.3 Å². The number of carbonyl (C=O) groups is 1. The molecule has 0 saturated heterocycles. The summed E-state index contributed by atoms with van der Waals surface area (Å²) in [6.07, 6.45) is 0. The highest BCUT2D eigenvalue weighted by atomic mass is 35.5. The summed E-state index contributed by atoms with van der Waals surface area (Å²) in [6, 6.07) is 3.39. The summed E-state index contributed by atoms with van der Waals surface area (Å²) in [5.74, 6) is 1.01. The predicted octanol–water partition coefficient (Wildman–Crippen LogP) is 2.91.